The van der Waals surface area contributed by atoms with Gasteiger partial charge >= 0.3 is 0 Å². The van der Waals surface area contributed by atoms with Gasteiger partial charge in [0, 0.05) is 39.6 Å². The summed E-state index contributed by atoms with van der Waals surface area (Å²) in [7, 11) is 1.72. The van der Waals surface area contributed by atoms with Crippen LogP contribution in [0.3, 0.4) is 0 Å². The molecule has 5 nitrogen and oxygen atoms in total. The van der Waals surface area contributed by atoms with Crippen molar-refractivity contribution in [3.8, 4) is 0 Å². The number of hydrogen-bond donors (Lipinski definition) is 2. The first-order valence-electron chi connectivity index (χ1n) is 9.86. The van der Waals surface area contributed by atoms with Gasteiger partial charge in [0.2, 0.25) is 5.91 Å². The Morgan fingerprint density at radius 3 is 2.28 bits per heavy atom. The van der Waals surface area contributed by atoms with Crippen LogP contribution in [0.15, 0.2) is 4.99 Å². The second-order valence-corrected chi connectivity index (χ2v) is 7.63. The van der Waals surface area contributed by atoms with Gasteiger partial charge in [-0.1, -0.05) is 19.8 Å². The van der Waals surface area contributed by atoms with Crippen molar-refractivity contribution in [2.75, 3.05) is 33.2 Å². The molecule has 1 aliphatic carbocycles. The maximum Gasteiger partial charge on any atom is 0.220 e. The molecule has 1 aliphatic heterocycles. The normalized spacial score (nSPS) is 25.2. The first-order chi connectivity index (χ1) is 11.6. The summed E-state index contributed by atoms with van der Waals surface area (Å²) in [4.78, 5) is 18.9. The minimum absolute atomic E-state index is 0. The predicted molar refractivity (Wildman–Crippen MR) is 115 cm³/mol. The summed E-state index contributed by atoms with van der Waals surface area (Å²) < 4.78 is 0. The molecule has 2 fully saturated rings. The summed E-state index contributed by atoms with van der Waals surface area (Å²) in [6.07, 6.45) is 8.22. The van der Waals surface area contributed by atoms with E-state index in [2.05, 4.69) is 29.4 Å². The number of nitrogens with one attached hydrogen (secondary N) is 2. The van der Waals surface area contributed by atoms with Crippen molar-refractivity contribution in [1.29, 1.82) is 0 Å². The molecule has 2 N–H and O–H groups in total. The first-order valence-corrected chi connectivity index (χ1v) is 9.86. The van der Waals surface area contributed by atoms with E-state index in [0.717, 1.165) is 56.8 Å². The minimum Gasteiger partial charge on any atom is -0.359 e. The van der Waals surface area contributed by atoms with E-state index in [9.17, 15) is 4.79 Å². The highest BCUT2D eigenvalue weighted by Crippen LogP contribution is 2.28. The van der Waals surface area contributed by atoms with Crippen molar-refractivity contribution in [3.63, 3.8) is 0 Å². The van der Waals surface area contributed by atoms with Gasteiger partial charge in [-0.3, -0.25) is 9.79 Å². The Bertz CT molecular complexity index is 414. The summed E-state index contributed by atoms with van der Waals surface area (Å²) >= 11 is 0. The average molecular weight is 464 g/mol. The number of halogens is 1. The molecule has 1 amide bonds. The van der Waals surface area contributed by atoms with Crippen molar-refractivity contribution >= 4 is 35.8 Å². The van der Waals surface area contributed by atoms with Crippen LogP contribution in [-0.2, 0) is 4.79 Å². The minimum atomic E-state index is 0. The third-order valence-electron chi connectivity index (χ3n) is 5.64. The third-order valence-corrected chi connectivity index (χ3v) is 5.64. The molecule has 0 bridgehead atoms. The number of carbonyl (C=O) groups excluding carboxylic acids is 1. The molecule has 0 radical (unpaired) electrons. The average Bonchev–Trinajstić information content (AvgIpc) is 2.60. The Morgan fingerprint density at radius 2 is 1.72 bits per heavy atom. The van der Waals surface area contributed by atoms with Crippen molar-refractivity contribution < 1.29 is 4.79 Å². The summed E-state index contributed by atoms with van der Waals surface area (Å²) in [6, 6.07) is 0. The predicted octanol–water partition coefficient (Wildman–Crippen LogP) is 3.24. The molecule has 0 spiro atoms. The highest BCUT2D eigenvalue weighted by Gasteiger charge is 2.24. The number of carbonyl (C=O) groups is 1. The standard InChI is InChI=1S/C19H36N4O.HI/c1-4-21-19(22-14-17-7-5-15(2)6-8-17)23-11-9-16(10-12-23)13-18(24)20-3;/h15-17H,4-14H2,1-3H3,(H,20,24)(H,21,22);1H. The number of guanidine groups is 1. The molecule has 0 aromatic rings. The molecule has 0 atom stereocenters. The number of rotatable bonds is 5. The Balaban J connectivity index is 0.00000312. The summed E-state index contributed by atoms with van der Waals surface area (Å²) in [5.74, 6) is 3.43. The number of amides is 1. The second kappa shape index (κ2) is 12.0. The Kier molecular flexibility index (Phi) is 10.8. The van der Waals surface area contributed by atoms with Crippen LogP contribution in [0, 0.1) is 17.8 Å². The molecule has 0 aromatic heterocycles. The maximum absolute atomic E-state index is 11.5. The van der Waals surface area contributed by atoms with Crippen LogP contribution in [0.5, 0.6) is 0 Å². The number of piperidine rings is 1. The van der Waals surface area contributed by atoms with Crippen LogP contribution in [-0.4, -0.2) is 50.0 Å². The number of hydrogen-bond acceptors (Lipinski definition) is 2. The van der Waals surface area contributed by atoms with Crippen molar-refractivity contribution in [2.45, 2.75) is 58.8 Å². The van der Waals surface area contributed by atoms with Gasteiger partial charge in [-0.2, -0.15) is 0 Å². The molecule has 6 heteroatoms. The molecular formula is C19H37IN4O. The van der Waals surface area contributed by atoms with E-state index in [0.29, 0.717) is 12.3 Å². The summed E-state index contributed by atoms with van der Waals surface area (Å²) in [6.45, 7) is 8.40. The highest BCUT2D eigenvalue weighted by molar-refractivity contribution is 14.0. The molecule has 1 saturated carbocycles. The van der Waals surface area contributed by atoms with Gasteiger partial charge in [0.15, 0.2) is 5.96 Å². The van der Waals surface area contributed by atoms with Gasteiger partial charge < -0.3 is 15.5 Å². The van der Waals surface area contributed by atoms with Crippen molar-refractivity contribution in [1.82, 2.24) is 15.5 Å². The largest absolute Gasteiger partial charge is 0.359 e. The zero-order valence-electron chi connectivity index (χ0n) is 16.2. The molecule has 0 aromatic carbocycles. The fraction of sp³-hybridized carbons (Fsp3) is 0.895. The second-order valence-electron chi connectivity index (χ2n) is 7.63. The molecule has 2 rings (SSSR count). The van der Waals surface area contributed by atoms with Gasteiger partial charge in [0.25, 0.3) is 0 Å². The Labute approximate surface area is 170 Å². The van der Waals surface area contributed by atoms with Crippen molar-refractivity contribution in [2.24, 2.45) is 22.7 Å². The van der Waals surface area contributed by atoms with E-state index in [1.54, 1.807) is 7.05 Å². The lowest BCUT2D eigenvalue weighted by Crippen LogP contribution is -2.46. The van der Waals surface area contributed by atoms with Crippen LogP contribution in [0.2, 0.25) is 0 Å². The van der Waals surface area contributed by atoms with Crippen LogP contribution in [0.1, 0.15) is 58.8 Å². The van der Waals surface area contributed by atoms with E-state index in [4.69, 9.17) is 4.99 Å². The SMILES string of the molecule is CCNC(=NCC1CCC(C)CC1)N1CCC(CC(=O)NC)CC1.I. The Hall–Kier alpha value is -0.530. The monoisotopic (exact) mass is 464 g/mol. The smallest absolute Gasteiger partial charge is 0.220 e. The lowest BCUT2D eigenvalue weighted by molar-refractivity contribution is -0.121. The fourth-order valence-corrected chi connectivity index (χ4v) is 3.87. The van der Waals surface area contributed by atoms with Crippen molar-refractivity contribution in [3.05, 3.63) is 0 Å². The van der Waals surface area contributed by atoms with Crippen LogP contribution < -0.4 is 10.6 Å². The zero-order valence-corrected chi connectivity index (χ0v) is 18.6. The van der Waals surface area contributed by atoms with Gasteiger partial charge in [0.05, 0.1) is 0 Å². The first kappa shape index (κ1) is 22.5. The van der Waals surface area contributed by atoms with Gasteiger partial charge in [-0.25, -0.2) is 0 Å². The lowest BCUT2D eigenvalue weighted by Gasteiger charge is -2.34. The third kappa shape index (κ3) is 7.71. The van der Waals surface area contributed by atoms with E-state index in [1.807, 2.05) is 0 Å². The summed E-state index contributed by atoms with van der Waals surface area (Å²) in [5.41, 5.74) is 0. The maximum atomic E-state index is 11.5. The highest BCUT2D eigenvalue weighted by atomic mass is 127. The van der Waals surface area contributed by atoms with Gasteiger partial charge in [-0.15, -0.1) is 24.0 Å². The van der Waals surface area contributed by atoms with E-state index in [1.165, 1.54) is 25.7 Å². The van der Waals surface area contributed by atoms with Crippen LogP contribution in [0.25, 0.3) is 0 Å². The summed E-state index contributed by atoms with van der Waals surface area (Å²) in [5, 5.41) is 6.20. The number of nitrogens with zero attached hydrogens (tertiary/aromatic N) is 2. The molecule has 0 unspecified atom stereocenters. The zero-order chi connectivity index (χ0) is 17.4. The molecular weight excluding hydrogens is 427 g/mol. The Morgan fingerprint density at radius 1 is 1.08 bits per heavy atom. The van der Waals surface area contributed by atoms with Gasteiger partial charge in [0.1, 0.15) is 0 Å². The fourth-order valence-electron chi connectivity index (χ4n) is 3.87. The molecule has 1 saturated heterocycles. The van der Waals surface area contributed by atoms with Gasteiger partial charge in [-0.05, 0) is 50.4 Å². The molecule has 25 heavy (non-hydrogen) atoms. The number of likely N-dealkylation sites (tertiary alicyclic amines) is 1. The topological polar surface area (TPSA) is 56.7 Å². The quantitative estimate of drug-likeness (QED) is 0.373. The molecule has 146 valence electrons. The van der Waals surface area contributed by atoms with E-state index in [-0.39, 0.29) is 29.9 Å². The van der Waals surface area contributed by atoms with E-state index < -0.39 is 0 Å². The lowest BCUT2D eigenvalue weighted by atomic mass is 9.83. The molecule has 2 aliphatic rings. The van der Waals surface area contributed by atoms with E-state index >= 15 is 0 Å². The molecule has 1 heterocycles. The number of aliphatic imine (C=N–C) groups is 1. The van der Waals surface area contributed by atoms with Crippen LogP contribution >= 0.6 is 24.0 Å². The van der Waals surface area contributed by atoms with Crippen LogP contribution in [0.4, 0.5) is 0 Å².